The van der Waals surface area contributed by atoms with Crippen molar-refractivity contribution in [1.82, 2.24) is 15.0 Å². The maximum absolute atomic E-state index is 5.06. The van der Waals surface area contributed by atoms with E-state index < -0.39 is 0 Å². The molecule has 46 heavy (non-hydrogen) atoms. The van der Waals surface area contributed by atoms with Crippen LogP contribution in [0.1, 0.15) is 36.1 Å². The summed E-state index contributed by atoms with van der Waals surface area (Å²) in [6, 6.07) is 49.4. The number of rotatable bonds is 4. The molecule has 3 heteroatoms. The van der Waals surface area contributed by atoms with Crippen LogP contribution in [0.3, 0.4) is 0 Å². The Morgan fingerprint density at radius 1 is 0.435 bits per heavy atom. The minimum absolute atomic E-state index is 0.0358. The Balaban J connectivity index is 1.13. The second-order valence-corrected chi connectivity index (χ2v) is 12.8. The highest BCUT2D eigenvalue weighted by Crippen LogP contribution is 2.54. The van der Waals surface area contributed by atoms with Gasteiger partial charge < -0.3 is 0 Å². The first-order valence-electron chi connectivity index (χ1n) is 15.9. The molecule has 2 aliphatic carbocycles. The van der Waals surface area contributed by atoms with E-state index in [1.807, 2.05) is 24.3 Å². The first-order valence-corrected chi connectivity index (χ1v) is 15.9. The molecule has 2 aliphatic rings. The summed E-state index contributed by atoms with van der Waals surface area (Å²) >= 11 is 0. The first kappa shape index (κ1) is 26.7. The summed E-state index contributed by atoms with van der Waals surface area (Å²) in [5.41, 5.74) is 16.3. The van der Waals surface area contributed by atoms with E-state index in [4.69, 9.17) is 15.0 Å². The van der Waals surface area contributed by atoms with E-state index in [-0.39, 0.29) is 5.41 Å². The van der Waals surface area contributed by atoms with Crippen LogP contribution in [0.25, 0.3) is 67.5 Å². The van der Waals surface area contributed by atoms with Gasteiger partial charge in [-0.3, -0.25) is 0 Å². The van der Waals surface area contributed by atoms with E-state index in [9.17, 15) is 0 Å². The van der Waals surface area contributed by atoms with Gasteiger partial charge in [0.1, 0.15) is 0 Å². The van der Waals surface area contributed by atoms with E-state index >= 15 is 0 Å². The van der Waals surface area contributed by atoms with Gasteiger partial charge in [0.2, 0.25) is 0 Å². The lowest BCUT2D eigenvalue weighted by molar-refractivity contribution is 0.654. The summed E-state index contributed by atoms with van der Waals surface area (Å²) in [6.45, 7) is 4.74. The van der Waals surface area contributed by atoms with Gasteiger partial charge in [-0.1, -0.05) is 147 Å². The number of hydrogen-bond acceptors (Lipinski definition) is 3. The molecule has 0 amide bonds. The molecule has 0 atom stereocenters. The highest BCUT2D eigenvalue weighted by atomic mass is 15.0. The van der Waals surface area contributed by atoms with Crippen LogP contribution < -0.4 is 0 Å². The Bertz CT molecular complexity index is 2290. The third kappa shape index (κ3) is 4.16. The van der Waals surface area contributed by atoms with Crippen molar-refractivity contribution >= 4 is 0 Å². The van der Waals surface area contributed by atoms with Crippen LogP contribution in [0.4, 0.5) is 0 Å². The van der Waals surface area contributed by atoms with Crippen molar-refractivity contribution in [2.75, 3.05) is 0 Å². The molecule has 0 unspecified atom stereocenters. The van der Waals surface area contributed by atoms with Crippen molar-refractivity contribution in [2.45, 2.75) is 25.7 Å². The minimum Gasteiger partial charge on any atom is -0.208 e. The molecule has 0 spiro atoms. The molecule has 218 valence electrons. The molecule has 0 saturated heterocycles. The minimum atomic E-state index is -0.0358. The van der Waals surface area contributed by atoms with Crippen molar-refractivity contribution in [2.24, 2.45) is 0 Å². The second kappa shape index (κ2) is 10.2. The molecule has 9 rings (SSSR count). The molecule has 0 fully saturated rings. The average Bonchev–Trinajstić information content (AvgIpc) is 3.60. The normalized spacial score (nSPS) is 13.5. The van der Waals surface area contributed by atoms with Crippen molar-refractivity contribution in [3.8, 4) is 67.5 Å². The second-order valence-electron chi connectivity index (χ2n) is 12.8. The van der Waals surface area contributed by atoms with Gasteiger partial charge in [0.15, 0.2) is 17.5 Å². The Kier molecular flexibility index (Phi) is 5.91. The quantitative estimate of drug-likeness (QED) is 0.205. The Morgan fingerprint density at radius 2 is 0.935 bits per heavy atom. The molecule has 0 N–H and O–H groups in total. The predicted octanol–water partition coefficient (Wildman–Crippen LogP) is 10.4. The van der Waals surface area contributed by atoms with E-state index in [1.54, 1.807) is 0 Å². The summed E-state index contributed by atoms with van der Waals surface area (Å²) in [4.78, 5) is 15.0. The lowest BCUT2D eigenvalue weighted by Gasteiger charge is -2.24. The standard InChI is InChI=1S/C43H31N3/c1-43(2)38-16-10-9-15-35(38)36-24-23-34-33-22-21-31(25-32(33)26-37(34)39(36)43)42-45-40(29-13-7-4-8-14-29)44-41(46-42)30-19-17-28(18-20-30)27-11-5-3-6-12-27/h3-25H,26H2,1-2H3. The highest BCUT2D eigenvalue weighted by molar-refractivity contribution is 5.89. The van der Waals surface area contributed by atoms with Crippen molar-refractivity contribution in [3.63, 3.8) is 0 Å². The molecular weight excluding hydrogens is 558 g/mol. The molecular formula is C43H31N3. The van der Waals surface area contributed by atoms with Gasteiger partial charge in [0.05, 0.1) is 0 Å². The monoisotopic (exact) mass is 589 g/mol. The number of hydrogen-bond donors (Lipinski definition) is 0. The molecule has 0 saturated carbocycles. The van der Waals surface area contributed by atoms with Crippen molar-refractivity contribution in [3.05, 3.63) is 162 Å². The third-order valence-electron chi connectivity index (χ3n) is 9.77. The summed E-state index contributed by atoms with van der Waals surface area (Å²) in [5.74, 6) is 2.03. The molecule has 7 aromatic rings. The zero-order chi connectivity index (χ0) is 30.8. The Hall–Kier alpha value is -5.67. The SMILES string of the molecule is CC1(C)c2ccccc2-c2ccc3c(c21)Cc1cc(-c2nc(-c4ccccc4)nc(-c4ccc(-c5ccccc5)cc4)n2)ccc1-3. The summed E-state index contributed by atoms with van der Waals surface area (Å²) < 4.78 is 0. The first-order chi connectivity index (χ1) is 22.5. The fourth-order valence-electron chi connectivity index (χ4n) is 7.54. The number of aromatic nitrogens is 3. The zero-order valence-electron chi connectivity index (χ0n) is 25.8. The number of nitrogens with zero attached hydrogens (tertiary/aromatic N) is 3. The molecule has 1 heterocycles. The van der Waals surface area contributed by atoms with Crippen LogP contribution in [0.2, 0.25) is 0 Å². The molecule has 6 aromatic carbocycles. The average molecular weight is 590 g/mol. The van der Waals surface area contributed by atoms with Crippen molar-refractivity contribution in [1.29, 1.82) is 0 Å². The highest BCUT2D eigenvalue weighted by Gasteiger charge is 2.39. The van der Waals surface area contributed by atoms with E-state index in [0.29, 0.717) is 17.5 Å². The fourth-order valence-corrected chi connectivity index (χ4v) is 7.54. The molecule has 0 radical (unpaired) electrons. The maximum atomic E-state index is 5.06. The van der Waals surface area contributed by atoms with Crippen LogP contribution in [0.5, 0.6) is 0 Å². The topological polar surface area (TPSA) is 38.7 Å². The zero-order valence-corrected chi connectivity index (χ0v) is 25.8. The van der Waals surface area contributed by atoms with Gasteiger partial charge in [-0.15, -0.1) is 0 Å². The lowest BCUT2D eigenvalue weighted by atomic mass is 9.79. The van der Waals surface area contributed by atoms with E-state index in [1.165, 1.54) is 50.1 Å². The molecule has 0 aliphatic heterocycles. The predicted molar refractivity (Wildman–Crippen MR) is 187 cm³/mol. The van der Waals surface area contributed by atoms with Crippen molar-refractivity contribution < 1.29 is 0 Å². The van der Waals surface area contributed by atoms with Gasteiger partial charge in [-0.05, 0) is 68.1 Å². The Morgan fingerprint density at radius 3 is 1.65 bits per heavy atom. The van der Waals surface area contributed by atoms with Gasteiger partial charge in [-0.25, -0.2) is 15.0 Å². The van der Waals surface area contributed by atoms with E-state index in [0.717, 1.165) is 28.7 Å². The van der Waals surface area contributed by atoms with Gasteiger partial charge in [-0.2, -0.15) is 0 Å². The number of benzene rings is 6. The van der Waals surface area contributed by atoms with Gasteiger partial charge in [0.25, 0.3) is 0 Å². The largest absolute Gasteiger partial charge is 0.208 e. The van der Waals surface area contributed by atoms with Crippen LogP contribution in [-0.2, 0) is 11.8 Å². The summed E-state index contributed by atoms with van der Waals surface area (Å²) in [5, 5.41) is 0. The summed E-state index contributed by atoms with van der Waals surface area (Å²) in [7, 11) is 0. The fraction of sp³-hybridized carbons (Fsp3) is 0.0930. The maximum Gasteiger partial charge on any atom is 0.164 e. The number of fused-ring (bicyclic) bond motifs is 7. The third-order valence-corrected chi connectivity index (χ3v) is 9.77. The summed E-state index contributed by atoms with van der Waals surface area (Å²) in [6.07, 6.45) is 0.906. The molecule has 0 bridgehead atoms. The van der Waals surface area contributed by atoms with E-state index in [2.05, 4.69) is 129 Å². The smallest absolute Gasteiger partial charge is 0.164 e. The van der Waals surface area contributed by atoms with Crippen LogP contribution in [0.15, 0.2) is 140 Å². The van der Waals surface area contributed by atoms with Gasteiger partial charge in [0, 0.05) is 22.1 Å². The van der Waals surface area contributed by atoms with Gasteiger partial charge >= 0.3 is 0 Å². The Labute approximate surface area is 269 Å². The van der Waals surface area contributed by atoms with Crippen LogP contribution >= 0.6 is 0 Å². The molecule has 1 aromatic heterocycles. The van der Waals surface area contributed by atoms with Crippen LogP contribution in [-0.4, -0.2) is 15.0 Å². The lowest BCUT2D eigenvalue weighted by Crippen LogP contribution is -2.17. The molecule has 3 nitrogen and oxygen atoms in total. The van der Waals surface area contributed by atoms with Crippen LogP contribution in [0, 0.1) is 0 Å².